The summed E-state index contributed by atoms with van der Waals surface area (Å²) < 4.78 is 6.94. The van der Waals surface area contributed by atoms with Crippen molar-refractivity contribution in [3.05, 3.63) is 62.4 Å². The summed E-state index contributed by atoms with van der Waals surface area (Å²) >= 11 is 1.37. The second-order valence-electron chi connectivity index (χ2n) is 14.7. The standard InChI is InChI=1S/C35H56N6O4SSi/c1-12-23(4)31(40-41-36)33(44)38-28(22(2)3)20-30(45-47(10,11)35(7,8)9)34-39-29(21-46-34)32(43)37-27(18-24(5)25(6)42)19-26-16-14-13-15-17-26/h13-17,21-24,27-28,30-31H,12,18-20H2,1-11H3,(H,37,43)(H,38,44)/t23-,24-,27+,28+,30+,31-/m0/s1. The van der Waals surface area contributed by atoms with Crippen LogP contribution in [0.25, 0.3) is 10.4 Å². The molecule has 47 heavy (non-hydrogen) atoms. The molecule has 1 aromatic heterocycles. The summed E-state index contributed by atoms with van der Waals surface area (Å²) in [6, 6.07) is 8.57. The SMILES string of the molecule is CC[C@H](C)[C@H](N=[N+]=[N-])C(=O)N[C@H](C[C@@H](O[Si](C)(C)C(C)(C)C)c1nc(C(=O)N[C@@H](Cc2ccccc2)C[C@H](C)C(C)=O)cs1)C(C)C. The van der Waals surface area contributed by atoms with Crippen LogP contribution in [-0.4, -0.2) is 49.0 Å². The van der Waals surface area contributed by atoms with E-state index in [2.05, 4.69) is 54.5 Å². The van der Waals surface area contributed by atoms with E-state index >= 15 is 0 Å². The van der Waals surface area contributed by atoms with E-state index in [1.54, 1.807) is 12.3 Å². The molecule has 12 heteroatoms. The van der Waals surface area contributed by atoms with E-state index in [-0.39, 0.29) is 52.5 Å². The number of azide groups is 1. The van der Waals surface area contributed by atoms with Gasteiger partial charge in [0.25, 0.3) is 5.91 Å². The highest BCUT2D eigenvalue weighted by Crippen LogP contribution is 2.41. The lowest BCUT2D eigenvalue weighted by Crippen LogP contribution is -2.47. The van der Waals surface area contributed by atoms with Gasteiger partial charge in [-0.15, -0.1) is 11.3 Å². The highest BCUT2D eigenvalue weighted by atomic mass is 32.1. The highest BCUT2D eigenvalue weighted by Gasteiger charge is 2.41. The van der Waals surface area contributed by atoms with Gasteiger partial charge in [0.1, 0.15) is 22.5 Å². The van der Waals surface area contributed by atoms with E-state index in [0.29, 0.717) is 36.4 Å². The number of ketones is 1. The minimum Gasteiger partial charge on any atom is -0.407 e. The summed E-state index contributed by atoms with van der Waals surface area (Å²) in [7, 11) is -2.31. The Morgan fingerprint density at radius 3 is 2.23 bits per heavy atom. The Bertz CT molecular complexity index is 1370. The van der Waals surface area contributed by atoms with Crippen LogP contribution in [0.3, 0.4) is 0 Å². The van der Waals surface area contributed by atoms with E-state index in [1.807, 2.05) is 65.0 Å². The van der Waals surface area contributed by atoms with Crippen LogP contribution in [0.1, 0.15) is 109 Å². The number of hydrogen-bond donors (Lipinski definition) is 2. The Morgan fingerprint density at radius 1 is 1.06 bits per heavy atom. The molecule has 10 nitrogen and oxygen atoms in total. The molecule has 0 radical (unpaired) electrons. The maximum atomic E-state index is 13.6. The largest absolute Gasteiger partial charge is 0.407 e. The van der Waals surface area contributed by atoms with Crippen LogP contribution < -0.4 is 10.6 Å². The molecular formula is C35H56N6O4SSi. The molecule has 0 bridgehead atoms. The zero-order valence-corrected chi connectivity index (χ0v) is 32.0. The van der Waals surface area contributed by atoms with Gasteiger partial charge in [0.15, 0.2) is 8.32 Å². The van der Waals surface area contributed by atoms with Crippen molar-refractivity contribution < 1.29 is 18.8 Å². The van der Waals surface area contributed by atoms with Crippen LogP contribution in [-0.2, 0) is 20.4 Å². The van der Waals surface area contributed by atoms with Gasteiger partial charge >= 0.3 is 0 Å². The average molecular weight is 685 g/mol. The molecule has 0 aliphatic heterocycles. The van der Waals surface area contributed by atoms with Gasteiger partial charge in [-0.1, -0.05) is 97.3 Å². The van der Waals surface area contributed by atoms with Crippen molar-refractivity contribution in [2.75, 3.05) is 0 Å². The second kappa shape index (κ2) is 17.9. The van der Waals surface area contributed by atoms with E-state index in [4.69, 9.17) is 14.9 Å². The molecule has 260 valence electrons. The first-order valence-electron chi connectivity index (χ1n) is 16.7. The van der Waals surface area contributed by atoms with Gasteiger partial charge in [0, 0.05) is 28.3 Å². The number of carbonyl (C=O) groups excluding carboxylic acids is 3. The Morgan fingerprint density at radius 2 is 1.70 bits per heavy atom. The van der Waals surface area contributed by atoms with Crippen LogP contribution in [0, 0.1) is 17.8 Å². The molecule has 0 saturated heterocycles. The van der Waals surface area contributed by atoms with Gasteiger partial charge < -0.3 is 15.1 Å². The number of benzene rings is 1. The fourth-order valence-electron chi connectivity index (χ4n) is 4.92. The van der Waals surface area contributed by atoms with Crippen LogP contribution in [0.4, 0.5) is 0 Å². The predicted molar refractivity (Wildman–Crippen MR) is 193 cm³/mol. The summed E-state index contributed by atoms with van der Waals surface area (Å²) in [6.07, 6.45) is 1.80. The number of thiazole rings is 1. The lowest BCUT2D eigenvalue weighted by molar-refractivity contribution is -0.124. The third-order valence-electron chi connectivity index (χ3n) is 9.49. The molecule has 0 spiro atoms. The highest BCUT2D eigenvalue weighted by molar-refractivity contribution is 7.10. The van der Waals surface area contributed by atoms with Gasteiger partial charge in [-0.3, -0.25) is 14.4 Å². The number of amides is 2. The first-order valence-corrected chi connectivity index (χ1v) is 20.5. The van der Waals surface area contributed by atoms with Crippen molar-refractivity contribution in [3.8, 4) is 0 Å². The average Bonchev–Trinajstić information content (AvgIpc) is 3.49. The predicted octanol–water partition coefficient (Wildman–Crippen LogP) is 8.42. The number of hydrogen-bond acceptors (Lipinski definition) is 7. The minimum absolute atomic E-state index is 0.0536. The zero-order valence-electron chi connectivity index (χ0n) is 30.2. The van der Waals surface area contributed by atoms with Gasteiger partial charge in [0.05, 0.1) is 6.10 Å². The van der Waals surface area contributed by atoms with Gasteiger partial charge in [0.2, 0.25) is 5.91 Å². The molecule has 1 heterocycles. The summed E-state index contributed by atoms with van der Waals surface area (Å²) in [5.74, 6) is -0.764. The Hall–Kier alpha value is -3.05. The maximum absolute atomic E-state index is 13.6. The van der Waals surface area contributed by atoms with E-state index in [0.717, 1.165) is 5.56 Å². The van der Waals surface area contributed by atoms with Crippen LogP contribution in [0.15, 0.2) is 40.8 Å². The first kappa shape index (κ1) is 40.1. The van der Waals surface area contributed by atoms with Crippen LogP contribution in [0.2, 0.25) is 18.1 Å². The fourth-order valence-corrected chi connectivity index (χ4v) is 7.11. The van der Waals surface area contributed by atoms with Gasteiger partial charge in [-0.05, 0) is 67.2 Å². The van der Waals surface area contributed by atoms with Crippen LogP contribution in [0.5, 0.6) is 0 Å². The van der Waals surface area contributed by atoms with Crippen LogP contribution >= 0.6 is 11.3 Å². The molecule has 0 unspecified atom stereocenters. The summed E-state index contributed by atoms with van der Waals surface area (Å²) in [4.78, 5) is 46.8. The van der Waals surface area contributed by atoms with Crippen molar-refractivity contribution in [2.24, 2.45) is 22.9 Å². The molecular weight excluding hydrogens is 629 g/mol. The van der Waals surface area contributed by atoms with Crippen molar-refractivity contribution in [3.63, 3.8) is 0 Å². The molecule has 0 saturated carbocycles. The summed E-state index contributed by atoms with van der Waals surface area (Å²) in [5, 5.41) is 12.4. The minimum atomic E-state index is -2.31. The third kappa shape index (κ3) is 12.2. The van der Waals surface area contributed by atoms with Crippen molar-refractivity contribution in [2.45, 2.75) is 130 Å². The molecule has 2 amide bonds. The fraction of sp³-hybridized carbons (Fsp3) is 0.657. The molecule has 0 aliphatic rings. The Balaban J connectivity index is 2.40. The third-order valence-corrected chi connectivity index (χ3v) is 14.9. The quantitative estimate of drug-likeness (QED) is 0.0700. The molecule has 0 aliphatic carbocycles. The number of carbonyl (C=O) groups is 3. The van der Waals surface area contributed by atoms with Crippen molar-refractivity contribution >= 4 is 37.3 Å². The molecule has 2 N–H and O–H groups in total. The zero-order chi connectivity index (χ0) is 35.5. The Kier molecular flexibility index (Phi) is 15.3. The second-order valence-corrected chi connectivity index (χ2v) is 20.3. The molecule has 6 atom stereocenters. The molecule has 2 aromatic rings. The van der Waals surface area contributed by atoms with Gasteiger partial charge in [-0.25, -0.2) is 4.98 Å². The summed E-state index contributed by atoms with van der Waals surface area (Å²) in [5.41, 5.74) is 10.5. The maximum Gasteiger partial charge on any atom is 0.270 e. The number of nitrogens with one attached hydrogen (secondary N) is 2. The lowest BCUT2D eigenvalue weighted by atomic mass is 9.94. The smallest absolute Gasteiger partial charge is 0.270 e. The number of rotatable bonds is 18. The topological polar surface area (TPSA) is 146 Å². The summed E-state index contributed by atoms with van der Waals surface area (Å²) in [6.45, 7) is 22.3. The lowest BCUT2D eigenvalue weighted by Gasteiger charge is -2.40. The molecule has 1 aromatic carbocycles. The first-order chi connectivity index (χ1) is 21.9. The normalized spacial score (nSPS) is 15.9. The van der Waals surface area contributed by atoms with Crippen molar-refractivity contribution in [1.82, 2.24) is 15.6 Å². The van der Waals surface area contributed by atoms with E-state index < -0.39 is 20.5 Å². The van der Waals surface area contributed by atoms with Crippen molar-refractivity contribution in [1.29, 1.82) is 0 Å². The van der Waals surface area contributed by atoms with Gasteiger partial charge in [-0.2, -0.15) is 0 Å². The number of nitrogens with zero attached hydrogens (tertiary/aromatic N) is 4. The monoisotopic (exact) mass is 684 g/mol. The Labute approximate surface area is 286 Å². The van der Waals surface area contributed by atoms with E-state index in [9.17, 15) is 14.4 Å². The molecule has 2 rings (SSSR count). The van der Waals surface area contributed by atoms with E-state index in [1.165, 1.54) is 11.3 Å². The molecule has 0 fully saturated rings. The number of Topliss-reactive ketones (excluding diaryl/α,β-unsaturated/α-hetero) is 1. The number of aromatic nitrogens is 1.